The van der Waals surface area contributed by atoms with Gasteiger partial charge in [-0.15, -0.1) is 11.3 Å². The van der Waals surface area contributed by atoms with Crippen molar-refractivity contribution >= 4 is 16.5 Å². The molecule has 0 saturated carbocycles. The lowest BCUT2D eigenvalue weighted by molar-refractivity contribution is 0.758. The molecule has 0 aromatic carbocycles. The monoisotopic (exact) mass is 213 g/mol. The summed E-state index contributed by atoms with van der Waals surface area (Å²) in [6.07, 6.45) is 1.14. The van der Waals surface area contributed by atoms with Crippen LogP contribution in [0, 0.1) is 13.8 Å². The Morgan fingerprint density at radius 2 is 2.07 bits per heavy atom. The summed E-state index contributed by atoms with van der Waals surface area (Å²) in [5, 5.41) is 1.12. The Morgan fingerprint density at radius 3 is 2.50 bits per heavy atom. The third-order valence-corrected chi connectivity index (χ3v) is 3.31. The molecule has 0 fully saturated rings. The lowest BCUT2D eigenvalue weighted by Crippen LogP contribution is -2.29. The minimum absolute atomic E-state index is 0.692. The molecule has 0 bridgehead atoms. The molecular formula is C10H19N3S. The maximum atomic E-state index is 5.58. The fourth-order valence-corrected chi connectivity index (χ4v) is 2.28. The van der Waals surface area contributed by atoms with Crippen molar-refractivity contribution in [2.45, 2.75) is 27.2 Å². The average Bonchev–Trinajstić information content (AvgIpc) is 2.47. The van der Waals surface area contributed by atoms with E-state index < -0.39 is 0 Å². The summed E-state index contributed by atoms with van der Waals surface area (Å²) in [5.74, 6) is 0. The summed E-state index contributed by atoms with van der Waals surface area (Å²) in [5.41, 5.74) is 6.72. The molecule has 0 radical (unpaired) electrons. The van der Waals surface area contributed by atoms with Gasteiger partial charge in [0.05, 0.1) is 5.69 Å². The Bertz CT molecular complexity index is 257. The first-order valence-corrected chi connectivity index (χ1v) is 5.89. The van der Waals surface area contributed by atoms with Gasteiger partial charge in [-0.3, -0.25) is 0 Å². The van der Waals surface area contributed by atoms with Crippen molar-refractivity contribution < 1.29 is 0 Å². The number of nitrogens with two attached hydrogens (primary N) is 1. The second-order valence-electron chi connectivity index (χ2n) is 3.41. The van der Waals surface area contributed by atoms with Crippen LogP contribution in [0.4, 0.5) is 5.13 Å². The normalized spacial score (nSPS) is 10.6. The second kappa shape index (κ2) is 5.32. The Kier molecular flexibility index (Phi) is 4.35. The van der Waals surface area contributed by atoms with E-state index in [0.717, 1.165) is 30.3 Å². The molecule has 0 atom stereocenters. The summed E-state index contributed by atoms with van der Waals surface area (Å²) in [6.45, 7) is 8.99. The third kappa shape index (κ3) is 2.69. The molecule has 0 amide bonds. The number of thiazole rings is 1. The maximum absolute atomic E-state index is 5.58. The Morgan fingerprint density at radius 1 is 1.36 bits per heavy atom. The van der Waals surface area contributed by atoms with Gasteiger partial charge in [0.15, 0.2) is 5.13 Å². The van der Waals surface area contributed by atoms with Gasteiger partial charge in [0.1, 0.15) is 0 Å². The van der Waals surface area contributed by atoms with Crippen molar-refractivity contribution in [3.8, 4) is 0 Å². The number of aromatic nitrogens is 1. The Labute approximate surface area is 89.9 Å². The van der Waals surface area contributed by atoms with E-state index in [2.05, 4.69) is 30.7 Å². The fourth-order valence-electron chi connectivity index (χ4n) is 1.32. The molecule has 0 unspecified atom stereocenters. The lowest BCUT2D eigenvalue weighted by Gasteiger charge is -2.19. The van der Waals surface area contributed by atoms with Gasteiger partial charge in [0.25, 0.3) is 0 Å². The quantitative estimate of drug-likeness (QED) is 0.812. The van der Waals surface area contributed by atoms with Crippen molar-refractivity contribution in [1.82, 2.24) is 4.98 Å². The molecule has 14 heavy (non-hydrogen) atoms. The highest BCUT2D eigenvalue weighted by Crippen LogP contribution is 2.24. The van der Waals surface area contributed by atoms with Crippen LogP contribution in [0.1, 0.15) is 23.9 Å². The molecule has 80 valence electrons. The van der Waals surface area contributed by atoms with E-state index in [1.54, 1.807) is 11.3 Å². The van der Waals surface area contributed by atoms with Crippen LogP contribution in [0.2, 0.25) is 0 Å². The molecule has 1 aromatic rings. The van der Waals surface area contributed by atoms with Crippen LogP contribution in [0.15, 0.2) is 0 Å². The molecule has 0 spiro atoms. The minimum Gasteiger partial charge on any atom is -0.347 e. The molecule has 0 aliphatic rings. The first-order valence-electron chi connectivity index (χ1n) is 5.08. The number of rotatable bonds is 5. The van der Waals surface area contributed by atoms with Gasteiger partial charge < -0.3 is 10.6 Å². The third-order valence-electron chi connectivity index (χ3n) is 2.18. The van der Waals surface area contributed by atoms with Gasteiger partial charge in [-0.05, 0) is 20.3 Å². The van der Waals surface area contributed by atoms with E-state index in [9.17, 15) is 0 Å². The van der Waals surface area contributed by atoms with Crippen molar-refractivity contribution in [2.24, 2.45) is 5.73 Å². The SMILES string of the molecule is CCCN(CCN)c1nc(C)c(C)s1. The minimum atomic E-state index is 0.692. The highest BCUT2D eigenvalue weighted by atomic mass is 32.1. The standard InChI is InChI=1S/C10H19N3S/c1-4-6-13(7-5-11)10-12-8(2)9(3)14-10/h4-7,11H2,1-3H3. The van der Waals surface area contributed by atoms with Crippen molar-refractivity contribution in [2.75, 3.05) is 24.5 Å². The van der Waals surface area contributed by atoms with Crippen molar-refractivity contribution in [3.05, 3.63) is 10.6 Å². The van der Waals surface area contributed by atoms with Gasteiger partial charge in [-0.25, -0.2) is 4.98 Å². The Balaban J connectivity index is 2.76. The van der Waals surface area contributed by atoms with Crippen LogP contribution in [0.3, 0.4) is 0 Å². The van der Waals surface area contributed by atoms with E-state index >= 15 is 0 Å². The number of aryl methyl sites for hydroxylation is 2. The number of hydrogen-bond acceptors (Lipinski definition) is 4. The lowest BCUT2D eigenvalue weighted by atomic mass is 10.4. The predicted molar refractivity (Wildman–Crippen MR) is 63.1 cm³/mol. The van der Waals surface area contributed by atoms with Crippen LogP contribution < -0.4 is 10.6 Å². The fraction of sp³-hybridized carbons (Fsp3) is 0.700. The smallest absolute Gasteiger partial charge is 0.185 e. The molecule has 0 aliphatic carbocycles. The maximum Gasteiger partial charge on any atom is 0.185 e. The molecule has 0 aliphatic heterocycles. The zero-order chi connectivity index (χ0) is 10.6. The molecular weight excluding hydrogens is 194 g/mol. The molecule has 1 rings (SSSR count). The molecule has 1 aromatic heterocycles. The van der Waals surface area contributed by atoms with Gasteiger partial charge in [-0.2, -0.15) is 0 Å². The van der Waals surface area contributed by atoms with Crippen molar-refractivity contribution in [3.63, 3.8) is 0 Å². The Hall–Kier alpha value is -0.610. The van der Waals surface area contributed by atoms with Crippen molar-refractivity contribution in [1.29, 1.82) is 0 Å². The van der Waals surface area contributed by atoms with E-state index in [1.807, 2.05) is 0 Å². The van der Waals surface area contributed by atoms with E-state index in [4.69, 9.17) is 5.73 Å². The topological polar surface area (TPSA) is 42.1 Å². The first-order chi connectivity index (χ1) is 6.69. The highest BCUT2D eigenvalue weighted by molar-refractivity contribution is 7.15. The van der Waals surface area contributed by atoms with Crippen LogP contribution in [-0.2, 0) is 0 Å². The van der Waals surface area contributed by atoms with Crippen LogP contribution in [-0.4, -0.2) is 24.6 Å². The summed E-state index contributed by atoms with van der Waals surface area (Å²) < 4.78 is 0. The van der Waals surface area contributed by atoms with E-state index in [0.29, 0.717) is 6.54 Å². The number of anilines is 1. The number of nitrogens with zero attached hydrogens (tertiary/aromatic N) is 2. The largest absolute Gasteiger partial charge is 0.347 e. The number of hydrogen-bond donors (Lipinski definition) is 1. The van der Waals surface area contributed by atoms with Gasteiger partial charge >= 0.3 is 0 Å². The predicted octanol–water partition coefficient (Wildman–Crippen LogP) is 1.94. The molecule has 3 nitrogen and oxygen atoms in total. The highest BCUT2D eigenvalue weighted by Gasteiger charge is 2.10. The summed E-state index contributed by atoms with van der Waals surface area (Å²) in [7, 11) is 0. The van der Waals surface area contributed by atoms with Crippen LogP contribution >= 0.6 is 11.3 Å². The van der Waals surface area contributed by atoms with Gasteiger partial charge in [-0.1, -0.05) is 6.92 Å². The molecule has 2 N–H and O–H groups in total. The second-order valence-corrected chi connectivity index (χ2v) is 4.60. The molecule has 0 saturated heterocycles. The molecule has 4 heteroatoms. The first kappa shape index (κ1) is 11.5. The average molecular weight is 213 g/mol. The van der Waals surface area contributed by atoms with E-state index in [-0.39, 0.29) is 0 Å². The zero-order valence-electron chi connectivity index (χ0n) is 9.21. The van der Waals surface area contributed by atoms with Crippen LogP contribution in [0.5, 0.6) is 0 Å². The summed E-state index contributed by atoms with van der Waals surface area (Å²) in [4.78, 5) is 8.11. The van der Waals surface area contributed by atoms with E-state index in [1.165, 1.54) is 4.88 Å². The van der Waals surface area contributed by atoms with Crippen LogP contribution in [0.25, 0.3) is 0 Å². The van der Waals surface area contributed by atoms with Gasteiger partial charge in [0, 0.05) is 24.5 Å². The summed E-state index contributed by atoms with van der Waals surface area (Å²) in [6, 6.07) is 0. The molecule has 1 heterocycles. The zero-order valence-corrected chi connectivity index (χ0v) is 10.0. The summed E-state index contributed by atoms with van der Waals surface area (Å²) >= 11 is 1.76. The van der Waals surface area contributed by atoms with Gasteiger partial charge in [0.2, 0.25) is 0 Å².